The quantitative estimate of drug-likeness (QED) is 0.674. The van der Waals surface area contributed by atoms with Gasteiger partial charge in [0.25, 0.3) is 0 Å². The van der Waals surface area contributed by atoms with Gasteiger partial charge in [0.15, 0.2) is 0 Å². The minimum absolute atomic E-state index is 0.0960. The molecule has 0 spiro atoms. The highest BCUT2D eigenvalue weighted by Gasteiger charge is 2.08. The SMILES string of the molecule is CNCCCC(=O)NCC(=O)Nc1cc(Cl)ccc1Cl. The maximum Gasteiger partial charge on any atom is 0.243 e. The predicted octanol–water partition coefficient (Wildman–Crippen LogP) is 2.05. The highest BCUT2D eigenvalue weighted by Crippen LogP contribution is 2.25. The summed E-state index contributed by atoms with van der Waals surface area (Å²) in [5.41, 5.74) is 0.425. The van der Waals surface area contributed by atoms with Crippen LogP contribution >= 0.6 is 23.2 Å². The molecule has 0 bridgehead atoms. The number of nitrogens with one attached hydrogen (secondary N) is 3. The molecule has 1 aromatic carbocycles. The summed E-state index contributed by atoms with van der Waals surface area (Å²) in [4.78, 5) is 23.1. The van der Waals surface area contributed by atoms with Crippen LogP contribution in [0.15, 0.2) is 18.2 Å². The van der Waals surface area contributed by atoms with Crippen molar-refractivity contribution in [2.75, 3.05) is 25.5 Å². The third-order valence-corrected chi connectivity index (χ3v) is 3.04. The van der Waals surface area contributed by atoms with Gasteiger partial charge in [0.2, 0.25) is 11.8 Å². The summed E-state index contributed by atoms with van der Waals surface area (Å²) in [5.74, 6) is -0.510. The van der Waals surface area contributed by atoms with E-state index in [0.29, 0.717) is 22.2 Å². The highest BCUT2D eigenvalue weighted by atomic mass is 35.5. The molecule has 20 heavy (non-hydrogen) atoms. The van der Waals surface area contributed by atoms with Crippen molar-refractivity contribution in [3.63, 3.8) is 0 Å². The van der Waals surface area contributed by atoms with Crippen molar-refractivity contribution < 1.29 is 9.59 Å². The van der Waals surface area contributed by atoms with E-state index in [0.717, 1.165) is 13.0 Å². The minimum atomic E-state index is -0.351. The summed E-state index contributed by atoms with van der Waals surface area (Å²) in [6, 6.07) is 4.77. The van der Waals surface area contributed by atoms with Crippen molar-refractivity contribution in [2.45, 2.75) is 12.8 Å². The van der Waals surface area contributed by atoms with Gasteiger partial charge in [0.05, 0.1) is 17.3 Å². The first-order valence-corrected chi connectivity index (χ1v) is 6.94. The molecule has 0 fully saturated rings. The Balaban J connectivity index is 2.36. The summed E-state index contributed by atoms with van der Waals surface area (Å²) >= 11 is 11.7. The van der Waals surface area contributed by atoms with Crippen molar-refractivity contribution in [1.82, 2.24) is 10.6 Å². The molecule has 0 aliphatic rings. The Labute approximate surface area is 128 Å². The first-order chi connectivity index (χ1) is 9.52. The largest absolute Gasteiger partial charge is 0.347 e. The van der Waals surface area contributed by atoms with E-state index < -0.39 is 0 Å². The zero-order valence-corrected chi connectivity index (χ0v) is 12.6. The number of hydrogen-bond acceptors (Lipinski definition) is 3. The summed E-state index contributed by atoms with van der Waals surface area (Å²) in [5, 5.41) is 8.94. The van der Waals surface area contributed by atoms with E-state index >= 15 is 0 Å². The second-order valence-electron chi connectivity index (χ2n) is 4.16. The fraction of sp³-hybridized carbons (Fsp3) is 0.385. The van der Waals surface area contributed by atoms with Crippen LogP contribution in [-0.4, -0.2) is 32.0 Å². The molecule has 0 saturated carbocycles. The Morgan fingerprint density at radius 3 is 2.65 bits per heavy atom. The maximum atomic E-state index is 11.7. The van der Waals surface area contributed by atoms with Gasteiger partial charge in [-0.2, -0.15) is 0 Å². The van der Waals surface area contributed by atoms with Gasteiger partial charge in [-0.25, -0.2) is 0 Å². The number of rotatable bonds is 7. The molecule has 0 atom stereocenters. The second-order valence-corrected chi connectivity index (χ2v) is 5.00. The molecule has 0 saturated heterocycles. The second kappa shape index (κ2) is 8.79. The van der Waals surface area contributed by atoms with Crippen molar-refractivity contribution in [2.24, 2.45) is 0 Å². The number of anilines is 1. The molecule has 2 amide bonds. The van der Waals surface area contributed by atoms with Crippen LogP contribution in [0, 0.1) is 0 Å². The van der Waals surface area contributed by atoms with Crippen molar-refractivity contribution in [1.29, 1.82) is 0 Å². The van der Waals surface area contributed by atoms with Crippen LogP contribution in [0.3, 0.4) is 0 Å². The van der Waals surface area contributed by atoms with Gasteiger partial charge in [0.1, 0.15) is 0 Å². The maximum absolute atomic E-state index is 11.7. The lowest BCUT2D eigenvalue weighted by atomic mass is 10.3. The van der Waals surface area contributed by atoms with Crippen LogP contribution in [0.1, 0.15) is 12.8 Å². The molecule has 1 rings (SSSR count). The normalized spacial score (nSPS) is 10.2. The van der Waals surface area contributed by atoms with Gasteiger partial charge < -0.3 is 16.0 Å². The van der Waals surface area contributed by atoms with Crippen molar-refractivity contribution >= 4 is 40.7 Å². The third-order valence-electron chi connectivity index (χ3n) is 2.48. The van der Waals surface area contributed by atoms with Gasteiger partial charge in [0, 0.05) is 11.4 Å². The highest BCUT2D eigenvalue weighted by molar-refractivity contribution is 6.35. The zero-order valence-electron chi connectivity index (χ0n) is 11.1. The van der Waals surface area contributed by atoms with Crippen LogP contribution in [0.5, 0.6) is 0 Å². The fourth-order valence-corrected chi connectivity index (χ4v) is 1.82. The van der Waals surface area contributed by atoms with Gasteiger partial charge in [-0.05, 0) is 38.2 Å². The molecule has 0 aliphatic heterocycles. The number of hydrogen-bond donors (Lipinski definition) is 3. The Morgan fingerprint density at radius 2 is 1.95 bits per heavy atom. The summed E-state index contributed by atoms with van der Waals surface area (Å²) in [7, 11) is 1.82. The number of halogens is 2. The molecule has 110 valence electrons. The van der Waals surface area contributed by atoms with Crippen LogP contribution in [0.2, 0.25) is 10.0 Å². The van der Waals surface area contributed by atoms with Gasteiger partial charge in [-0.15, -0.1) is 0 Å². The topological polar surface area (TPSA) is 70.2 Å². The van der Waals surface area contributed by atoms with Gasteiger partial charge in [-0.1, -0.05) is 23.2 Å². The van der Waals surface area contributed by atoms with E-state index in [9.17, 15) is 9.59 Å². The Kier molecular flexibility index (Phi) is 7.36. The van der Waals surface area contributed by atoms with Crippen LogP contribution in [-0.2, 0) is 9.59 Å². The number of carbonyl (C=O) groups is 2. The average molecular weight is 318 g/mol. The molecule has 5 nitrogen and oxygen atoms in total. The molecule has 0 aliphatic carbocycles. The van der Waals surface area contributed by atoms with Crippen molar-refractivity contribution in [3.8, 4) is 0 Å². The molecular formula is C13H17Cl2N3O2. The van der Waals surface area contributed by atoms with Gasteiger partial charge in [-0.3, -0.25) is 9.59 Å². The molecule has 3 N–H and O–H groups in total. The van der Waals surface area contributed by atoms with Crippen LogP contribution in [0.25, 0.3) is 0 Å². The summed E-state index contributed by atoms with van der Waals surface area (Å²) < 4.78 is 0. The molecule has 1 aromatic rings. The Bertz CT molecular complexity index is 481. The molecular weight excluding hydrogens is 301 g/mol. The van der Waals surface area contributed by atoms with Crippen LogP contribution in [0.4, 0.5) is 5.69 Å². The average Bonchev–Trinajstić information content (AvgIpc) is 2.41. The van der Waals surface area contributed by atoms with Crippen LogP contribution < -0.4 is 16.0 Å². The summed E-state index contributed by atoms with van der Waals surface area (Å²) in [6.07, 6.45) is 1.11. The molecule has 7 heteroatoms. The van der Waals surface area contributed by atoms with E-state index in [2.05, 4.69) is 16.0 Å². The predicted molar refractivity (Wildman–Crippen MR) is 81.3 cm³/mol. The first kappa shape index (κ1) is 16.8. The standard InChI is InChI=1S/C13H17Cl2N3O2/c1-16-6-2-3-12(19)17-8-13(20)18-11-7-9(14)4-5-10(11)15/h4-5,7,16H,2-3,6,8H2,1H3,(H,17,19)(H,18,20). The van der Waals surface area contributed by atoms with Gasteiger partial charge >= 0.3 is 0 Å². The molecule has 0 radical (unpaired) electrons. The molecule has 0 aromatic heterocycles. The monoisotopic (exact) mass is 317 g/mol. The number of amides is 2. The Morgan fingerprint density at radius 1 is 1.20 bits per heavy atom. The molecule has 0 heterocycles. The summed E-state index contributed by atoms with van der Waals surface area (Å²) in [6.45, 7) is 0.666. The first-order valence-electron chi connectivity index (χ1n) is 6.19. The van der Waals surface area contributed by atoms with E-state index in [1.807, 2.05) is 7.05 Å². The van der Waals surface area contributed by atoms with E-state index in [4.69, 9.17) is 23.2 Å². The van der Waals surface area contributed by atoms with Crippen molar-refractivity contribution in [3.05, 3.63) is 28.2 Å². The smallest absolute Gasteiger partial charge is 0.243 e. The van der Waals surface area contributed by atoms with E-state index in [1.165, 1.54) is 0 Å². The third kappa shape index (κ3) is 6.23. The number of carbonyl (C=O) groups excluding carboxylic acids is 2. The molecule has 0 unspecified atom stereocenters. The van der Waals surface area contributed by atoms with E-state index in [-0.39, 0.29) is 18.4 Å². The fourth-order valence-electron chi connectivity index (χ4n) is 1.48. The lowest BCUT2D eigenvalue weighted by molar-refractivity contribution is -0.124. The lowest BCUT2D eigenvalue weighted by Gasteiger charge is -2.08. The minimum Gasteiger partial charge on any atom is -0.347 e. The Hall–Kier alpha value is -1.30. The number of benzene rings is 1. The lowest BCUT2D eigenvalue weighted by Crippen LogP contribution is -2.33. The zero-order chi connectivity index (χ0) is 15.0. The van der Waals surface area contributed by atoms with E-state index in [1.54, 1.807) is 18.2 Å².